The van der Waals surface area contributed by atoms with Crippen LogP contribution in [0.4, 0.5) is 0 Å². The zero-order valence-electron chi connectivity index (χ0n) is 8.50. The van der Waals surface area contributed by atoms with Crippen LogP contribution in [0.5, 0.6) is 0 Å². The van der Waals surface area contributed by atoms with Gasteiger partial charge in [0.1, 0.15) is 10.9 Å². The standard InChI is InChI=1S/C12H10N2OS/c13-6-11(9-4-2-1-3-5-9)12-14-7-10(8-15)16-12/h1-5,7,11,15H,8H2. The maximum Gasteiger partial charge on any atom is 0.123 e. The Bertz CT molecular complexity index is 501. The van der Waals surface area contributed by atoms with Crippen LogP contribution in [-0.2, 0) is 6.61 Å². The van der Waals surface area contributed by atoms with Crippen molar-refractivity contribution in [1.29, 1.82) is 5.26 Å². The Kier molecular flexibility index (Phi) is 3.30. The minimum Gasteiger partial charge on any atom is -0.391 e. The Labute approximate surface area is 97.6 Å². The van der Waals surface area contributed by atoms with Crippen molar-refractivity contribution in [2.75, 3.05) is 0 Å². The average Bonchev–Trinajstić information content (AvgIpc) is 2.80. The monoisotopic (exact) mass is 230 g/mol. The van der Waals surface area contributed by atoms with Crippen LogP contribution in [0.2, 0.25) is 0 Å². The first-order valence-corrected chi connectivity index (χ1v) is 5.67. The van der Waals surface area contributed by atoms with Crippen LogP contribution in [0.3, 0.4) is 0 Å². The molecule has 1 aromatic carbocycles. The summed E-state index contributed by atoms with van der Waals surface area (Å²) in [6, 6.07) is 11.8. The predicted octanol–water partition coefficient (Wildman–Crippen LogP) is 2.29. The van der Waals surface area contributed by atoms with Gasteiger partial charge < -0.3 is 5.11 Å². The highest BCUT2D eigenvalue weighted by molar-refractivity contribution is 7.11. The van der Waals surface area contributed by atoms with Crippen LogP contribution in [0.15, 0.2) is 36.5 Å². The molecule has 0 amide bonds. The van der Waals surface area contributed by atoms with E-state index in [2.05, 4.69) is 11.1 Å². The molecule has 0 bridgehead atoms. The minimum atomic E-state index is -0.341. The summed E-state index contributed by atoms with van der Waals surface area (Å²) in [6.07, 6.45) is 1.62. The largest absolute Gasteiger partial charge is 0.391 e. The van der Waals surface area contributed by atoms with Crippen molar-refractivity contribution in [3.63, 3.8) is 0 Å². The lowest BCUT2D eigenvalue weighted by Gasteiger charge is -2.04. The summed E-state index contributed by atoms with van der Waals surface area (Å²) in [6.45, 7) is -0.0232. The zero-order valence-corrected chi connectivity index (χ0v) is 9.31. The molecule has 0 aliphatic rings. The molecule has 2 aromatic rings. The van der Waals surface area contributed by atoms with E-state index in [1.807, 2.05) is 30.3 Å². The Morgan fingerprint density at radius 2 is 2.12 bits per heavy atom. The van der Waals surface area contributed by atoms with Crippen molar-refractivity contribution in [2.45, 2.75) is 12.5 Å². The Hall–Kier alpha value is -1.70. The molecule has 0 radical (unpaired) electrons. The van der Waals surface area contributed by atoms with Gasteiger partial charge in [-0.1, -0.05) is 30.3 Å². The molecule has 16 heavy (non-hydrogen) atoms. The maximum atomic E-state index is 9.17. The molecule has 1 N–H and O–H groups in total. The van der Waals surface area contributed by atoms with Crippen molar-refractivity contribution in [3.8, 4) is 6.07 Å². The molecule has 4 heteroatoms. The van der Waals surface area contributed by atoms with Gasteiger partial charge in [-0.05, 0) is 5.56 Å². The molecule has 0 spiro atoms. The van der Waals surface area contributed by atoms with Crippen LogP contribution in [0, 0.1) is 11.3 Å². The average molecular weight is 230 g/mol. The molecule has 1 aromatic heterocycles. The van der Waals surface area contributed by atoms with E-state index in [1.54, 1.807) is 6.20 Å². The molecule has 2 rings (SSSR count). The first-order chi connectivity index (χ1) is 7.85. The molecule has 80 valence electrons. The molecule has 1 atom stereocenters. The molecule has 3 nitrogen and oxygen atoms in total. The second kappa shape index (κ2) is 4.88. The Morgan fingerprint density at radius 3 is 2.69 bits per heavy atom. The first kappa shape index (κ1) is 10.8. The lowest BCUT2D eigenvalue weighted by molar-refractivity contribution is 0.285. The number of hydrogen-bond donors (Lipinski definition) is 1. The fourth-order valence-electron chi connectivity index (χ4n) is 1.45. The molecule has 0 saturated heterocycles. The number of aliphatic hydroxyl groups excluding tert-OH is 1. The molecule has 0 aliphatic carbocycles. The van der Waals surface area contributed by atoms with Crippen LogP contribution in [-0.4, -0.2) is 10.1 Å². The topological polar surface area (TPSA) is 56.9 Å². The molecular formula is C12H10N2OS. The highest BCUT2D eigenvalue weighted by Gasteiger charge is 2.16. The normalized spacial score (nSPS) is 12.0. The summed E-state index contributed by atoms with van der Waals surface area (Å²) in [5.74, 6) is -0.341. The number of nitrogens with zero attached hydrogens (tertiary/aromatic N) is 2. The third-order valence-electron chi connectivity index (χ3n) is 2.24. The lowest BCUT2D eigenvalue weighted by atomic mass is 10.0. The third-order valence-corrected chi connectivity index (χ3v) is 3.28. The minimum absolute atomic E-state index is 0.0232. The van der Waals surface area contributed by atoms with Gasteiger partial charge in [-0.15, -0.1) is 11.3 Å². The molecule has 1 heterocycles. The zero-order chi connectivity index (χ0) is 11.4. The third kappa shape index (κ3) is 2.11. The fraction of sp³-hybridized carbons (Fsp3) is 0.167. The molecular weight excluding hydrogens is 220 g/mol. The quantitative estimate of drug-likeness (QED) is 0.880. The van der Waals surface area contributed by atoms with Crippen molar-refractivity contribution in [3.05, 3.63) is 52.0 Å². The number of aromatic nitrogens is 1. The molecule has 0 saturated carbocycles. The summed E-state index contributed by atoms with van der Waals surface area (Å²) in [5, 5.41) is 18.9. The van der Waals surface area contributed by atoms with Gasteiger partial charge in [-0.3, -0.25) is 0 Å². The van der Waals surface area contributed by atoms with E-state index in [0.717, 1.165) is 15.4 Å². The Morgan fingerprint density at radius 1 is 1.38 bits per heavy atom. The number of rotatable bonds is 3. The van der Waals surface area contributed by atoms with Crippen molar-refractivity contribution >= 4 is 11.3 Å². The van der Waals surface area contributed by atoms with Gasteiger partial charge in [0.05, 0.1) is 17.6 Å². The highest BCUT2D eigenvalue weighted by Crippen LogP contribution is 2.27. The fourth-order valence-corrected chi connectivity index (χ4v) is 2.30. The molecule has 0 aliphatic heterocycles. The summed E-state index contributed by atoms with van der Waals surface area (Å²) >= 11 is 1.38. The SMILES string of the molecule is N#CC(c1ccccc1)c1ncc(CO)s1. The van der Waals surface area contributed by atoms with Gasteiger partial charge in [0.25, 0.3) is 0 Å². The van der Waals surface area contributed by atoms with E-state index in [1.165, 1.54) is 11.3 Å². The number of aliphatic hydroxyl groups is 1. The Balaban J connectivity index is 2.34. The van der Waals surface area contributed by atoms with Gasteiger partial charge in [0.15, 0.2) is 0 Å². The van der Waals surface area contributed by atoms with E-state index in [0.29, 0.717) is 0 Å². The van der Waals surface area contributed by atoms with Crippen LogP contribution in [0.25, 0.3) is 0 Å². The summed E-state index contributed by atoms with van der Waals surface area (Å²) in [7, 11) is 0. The number of benzene rings is 1. The predicted molar refractivity (Wildman–Crippen MR) is 61.9 cm³/mol. The van der Waals surface area contributed by atoms with Gasteiger partial charge in [-0.2, -0.15) is 5.26 Å². The van der Waals surface area contributed by atoms with Crippen molar-refractivity contribution in [2.24, 2.45) is 0 Å². The summed E-state index contributed by atoms with van der Waals surface area (Å²) in [5.41, 5.74) is 0.934. The summed E-state index contributed by atoms with van der Waals surface area (Å²) in [4.78, 5) is 4.95. The maximum absolute atomic E-state index is 9.17. The van der Waals surface area contributed by atoms with Crippen LogP contribution in [0.1, 0.15) is 21.4 Å². The van der Waals surface area contributed by atoms with E-state index in [-0.39, 0.29) is 12.5 Å². The van der Waals surface area contributed by atoms with Crippen molar-refractivity contribution in [1.82, 2.24) is 4.98 Å². The first-order valence-electron chi connectivity index (χ1n) is 4.85. The van der Waals surface area contributed by atoms with Crippen LogP contribution >= 0.6 is 11.3 Å². The molecule has 1 unspecified atom stereocenters. The number of hydrogen-bond acceptors (Lipinski definition) is 4. The lowest BCUT2D eigenvalue weighted by Crippen LogP contribution is -1.96. The molecule has 0 fully saturated rings. The van der Waals surface area contributed by atoms with Gasteiger partial charge in [0, 0.05) is 6.20 Å². The van der Waals surface area contributed by atoms with E-state index in [9.17, 15) is 0 Å². The highest BCUT2D eigenvalue weighted by atomic mass is 32.1. The number of thiazole rings is 1. The van der Waals surface area contributed by atoms with Crippen molar-refractivity contribution < 1.29 is 5.11 Å². The number of nitriles is 1. The van der Waals surface area contributed by atoms with Gasteiger partial charge >= 0.3 is 0 Å². The second-order valence-electron chi connectivity index (χ2n) is 3.30. The van der Waals surface area contributed by atoms with E-state index in [4.69, 9.17) is 10.4 Å². The summed E-state index contributed by atoms with van der Waals surface area (Å²) < 4.78 is 0. The smallest absolute Gasteiger partial charge is 0.123 e. The van der Waals surface area contributed by atoms with Gasteiger partial charge in [-0.25, -0.2) is 4.98 Å². The van der Waals surface area contributed by atoms with Gasteiger partial charge in [0.2, 0.25) is 0 Å². The van der Waals surface area contributed by atoms with E-state index < -0.39 is 0 Å². The van der Waals surface area contributed by atoms with E-state index >= 15 is 0 Å². The van der Waals surface area contributed by atoms with Crippen LogP contribution < -0.4 is 0 Å². The second-order valence-corrected chi connectivity index (χ2v) is 4.44.